The van der Waals surface area contributed by atoms with Crippen LogP contribution in [0.5, 0.6) is 0 Å². The highest BCUT2D eigenvalue weighted by molar-refractivity contribution is 6.33. The molecule has 3 N–H and O–H groups in total. The number of carbonyl (C=O) groups excluding carboxylic acids is 4. The molecule has 0 heterocycles. The molecule has 0 bridgehead atoms. The lowest BCUT2D eigenvalue weighted by molar-refractivity contribution is -0.125. The molecule has 0 unspecified atom stereocenters. The molecule has 0 fully saturated rings. The second-order valence-electron chi connectivity index (χ2n) is 5.32. The SMILES string of the molecule is CC(=O)Nc1ccc(C(=O)OCC(=O)NNC(=O)c2ccccc2Cl)cc1. The number of hydrogen-bond donors (Lipinski definition) is 3. The maximum atomic E-state index is 11.9. The number of halogens is 1. The molecule has 2 aromatic rings. The number of nitrogens with one attached hydrogen (secondary N) is 3. The van der Waals surface area contributed by atoms with Crippen molar-refractivity contribution in [3.05, 3.63) is 64.7 Å². The zero-order valence-electron chi connectivity index (χ0n) is 14.2. The Kier molecular flexibility index (Phi) is 6.90. The monoisotopic (exact) mass is 389 g/mol. The van der Waals surface area contributed by atoms with Crippen molar-refractivity contribution >= 4 is 41.0 Å². The van der Waals surface area contributed by atoms with Crippen LogP contribution in [0.2, 0.25) is 5.02 Å². The molecule has 0 aliphatic heterocycles. The molecule has 3 amide bonds. The Bertz CT molecular complexity index is 868. The molecule has 0 saturated heterocycles. The van der Waals surface area contributed by atoms with Crippen molar-refractivity contribution in [2.75, 3.05) is 11.9 Å². The van der Waals surface area contributed by atoms with E-state index in [4.69, 9.17) is 16.3 Å². The number of hydrogen-bond acceptors (Lipinski definition) is 5. The average molecular weight is 390 g/mol. The topological polar surface area (TPSA) is 114 Å². The third-order valence-electron chi connectivity index (χ3n) is 3.21. The van der Waals surface area contributed by atoms with Crippen molar-refractivity contribution < 1.29 is 23.9 Å². The molecule has 0 radical (unpaired) electrons. The Balaban J connectivity index is 1.79. The number of anilines is 1. The first-order valence-corrected chi connectivity index (χ1v) is 8.13. The highest BCUT2D eigenvalue weighted by atomic mass is 35.5. The molecular formula is C18H16ClN3O5. The number of ether oxygens (including phenoxy) is 1. The number of carbonyl (C=O) groups is 4. The highest BCUT2D eigenvalue weighted by Gasteiger charge is 2.13. The van der Waals surface area contributed by atoms with Crippen molar-refractivity contribution in [1.29, 1.82) is 0 Å². The quantitative estimate of drug-likeness (QED) is 0.534. The summed E-state index contributed by atoms with van der Waals surface area (Å²) in [5.74, 6) is -2.29. The third-order valence-corrected chi connectivity index (χ3v) is 3.54. The normalized spacial score (nSPS) is 9.85. The second kappa shape index (κ2) is 9.35. The van der Waals surface area contributed by atoms with E-state index in [1.165, 1.54) is 43.3 Å². The maximum Gasteiger partial charge on any atom is 0.338 e. The summed E-state index contributed by atoms with van der Waals surface area (Å²) in [6.45, 7) is 0.778. The Labute approximate surface area is 159 Å². The van der Waals surface area contributed by atoms with Crippen LogP contribution in [-0.2, 0) is 14.3 Å². The van der Waals surface area contributed by atoms with Gasteiger partial charge in [0.05, 0.1) is 16.1 Å². The van der Waals surface area contributed by atoms with Crippen LogP contribution in [0.1, 0.15) is 27.6 Å². The fourth-order valence-electron chi connectivity index (χ4n) is 1.98. The van der Waals surface area contributed by atoms with Crippen molar-refractivity contribution in [3.8, 4) is 0 Å². The van der Waals surface area contributed by atoms with Crippen molar-refractivity contribution in [1.82, 2.24) is 10.9 Å². The van der Waals surface area contributed by atoms with Gasteiger partial charge in [-0.1, -0.05) is 23.7 Å². The molecule has 27 heavy (non-hydrogen) atoms. The molecule has 2 rings (SSSR count). The first-order valence-electron chi connectivity index (χ1n) is 7.75. The molecule has 0 aromatic heterocycles. The highest BCUT2D eigenvalue weighted by Crippen LogP contribution is 2.14. The zero-order chi connectivity index (χ0) is 19.8. The van der Waals surface area contributed by atoms with Gasteiger partial charge in [0.2, 0.25) is 5.91 Å². The van der Waals surface area contributed by atoms with Crippen molar-refractivity contribution in [2.24, 2.45) is 0 Å². The predicted molar refractivity (Wildman–Crippen MR) is 98.1 cm³/mol. The number of benzene rings is 2. The van der Waals surface area contributed by atoms with E-state index >= 15 is 0 Å². The maximum absolute atomic E-state index is 11.9. The summed E-state index contributed by atoms with van der Waals surface area (Å²) >= 11 is 5.88. The zero-order valence-corrected chi connectivity index (χ0v) is 15.0. The minimum absolute atomic E-state index is 0.190. The van der Waals surface area contributed by atoms with Crippen LogP contribution in [0.25, 0.3) is 0 Å². The van der Waals surface area contributed by atoms with E-state index in [1.54, 1.807) is 12.1 Å². The van der Waals surface area contributed by atoms with Gasteiger partial charge >= 0.3 is 5.97 Å². The molecule has 140 valence electrons. The summed E-state index contributed by atoms with van der Waals surface area (Å²) in [6.07, 6.45) is 0. The van der Waals surface area contributed by atoms with Gasteiger partial charge in [0.1, 0.15) is 0 Å². The van der Waals surface area contributed by atoms with Gasteiger partial charge in [0.15, 0.2) is 6.61 Å². The van der Waals surface area contributed by atoms with Crippen LogP contribution in [0.3, 0.4) is 0 Å². The summed E-state index contributed by atoms with van der Waals surface area (Å²) in [6, 6.07) is 12.3. The number of amides is 3. The predicted octanol–water partition coefficient (Wildman–Crippen LogP) is 1.92. The van der Waals surface area contributed by atoms with E-state index in [0.717, 1.165) is 0 Å². The van der Waals surface area contributed by atoms with Crippen molar-refractivity contribution in [3.63, 3.8) is 0 Å². The van der Waals surface area contributed by atoms with Gasteiger partial charge in [-0.3, -0.25) is 25.2 Å². The molecule has 0 aliphatic carbocycles. The molecule has 9 heteroatoms. The lowest BCUT2D eigenvalue weighted by Gasteiger charge is -2.09. The van der Waals surface area contributed by atoms with Gasteiger partial charge in [0.25, 0.3) is 11.8 Å². The standard InChI is InChI=1S/C18H16ClN3O5/c1-11(23)20-13-8-6-12(7-9-13)18(26)27-10-16(24)21-22-17(25)14-4-2-3-5-15(14)19/h2-9H,10H2,1H3,(H,20,23)(H,21,24)(H,22,25). The first-order chi connectivity index (χ1) is 12.9. The van der Waals surface area contributed by atoms with Crippen molar-refractivity contribution in [2.45, 2.75) is 6.92 Å². The molecule has 2 aromatic carbocycles. The Morgan fingerprint density at radius 2 is 1.63 bits per heavy atom. The summed E-state index contributed by atoms with van der Waals surface area (Å²) in [5, 5.41) is 2.80. The fraction of sp³-hybridized carbons (Fsp3) is 0.111. The summed E-state index contributed by atoms with van der Waals surface area (Å²) in [5.41, 5.74) is 5.22. The first kappa shape index (κ1) is 19.9. The second-order valence-corrected chi connectivity index (χ2v) is 5.72. The molecule has 8 nitrogen and oxygen atoms in total. The number of rotatable bonds is 5. The molecular weight excluding hydrogens is 374 g/mol. The Morgan fingerprint density at radius 3 is 2.26 bits per heavy atom. The van der Waals surface area contributed by atoms with E-state index in [-0.39, 0.29) is 22.1 Å². The van der Waals surface area contributed by atoms with E-state index in [9.17, 15) is 19.2 Å². The van der Waals surface area contributed by atoms with Crippen LogP contribution in [0.4, 0.5) is 5.69 Å². The van der Waals surface area contributed by atoms with Gasteiger partial charge in [-0.05, 0) is 36.4 Å². The lowest BCUT2D eigenvalue weighted by Crippen LogP contribution is -2.43. The molecule has 0 spiro atoms. The van der Waals surface area contributed by atoms with Crippen LogP contribution in [-0.4, -0.2) is 30.3 Å². The van der Waals surface area contributed by atoms with Crippen LogP contribution < -0.4 is 16.2 Å². The van der Waals surface area contributed by atoms with E-state index in [0.29, 0.717) is 5.69 Å². The van der Waals surface area contributed by atoms with Gasteiger partial charge in [-0.2, -0.15) is 0 Å². The summed E-state index contributed by atoms with van der Waals surface area (Å²) < 4.78 is 4.86. The van der Waals surface area contributed by atoms with Crippen LogP contribution in [0.15, 0.2) is 48.5 Å². The fourth-order valence-corrected chi connectivity index (χ4v) is 2.20. The largest absolute Gasteiger partial charge is 0.452 e. The van der Waals surface area contributed by atoms with Gasteiger partial charge in [-0.15, -0.1) is 0 Å². The van der Waals surface area contributed by atoms with E-state index < -0.39 is 24.4 Å². The van der Waals surface area contributed by atoms with Gasteiger partial charge < -0.3 is 10.1 Å². The van der Waals surface area contributed by atoms with E-state index in [1.807, 2.05) is 0 Å². The average Bonchev–Trinajstić information content (AvgIpc) is 2.64. The Morgan fingerprint density at radius 1 is 0.963 bits per heavy atom. The minimum atomic E-state index is -0.725. The molecule has 0 aliphatic rings. The molecule has 0 atom stereocenters. The number of esters is 1. The molecule has 0 saturated carbocycles. The van der Waals surface area contributed by atoms with Gasteiger partial charge in [-0.25, -0.2) is 4.79 Å². The summed E-state index contributed by atoms with van der Waals surface area (Å²) in [4.78, 5) is 46.4. The third kappa shape index (κ3) is 6.12. The Hall–Kier alpha value is -3.39. The van der Waals surface area contributed by atoms with Gasteiger partial charge in [0, 0.05) is 12.6 Å². The number of hydrazine groups is 1. The minimum Gasteiger partial charge on any atom is -0.452 e. The van der Waals surface area contributed by atoms with Crippen LogP contribution in [0, 0.1) is 0 Å². The van der Waals surface area contributed by atoms with Crippen LogP contribution >= 0.6 is 11.6 Å². The smallest absolute Gasteiger partial charge is 0.338 e. The lowest BCUT2D eigenvalue weighted by atomic mass is 10.2. The van der Waals surface area contributed by atoms with E-state index in [2.05, 4.69) is 16.2 Å². The summed E-state index contributed by atoms with van der Waals surface area (Å²) in [7, 11) is 0.